The van der Waals surface area contributed by atoms with Crippen molar-refractivity contribution < 1.29 is 8.42 Å². The Balaban J connectivity index is 1.41. The molecule has 5 aromatic rings. The van der Waals surface area contributed by atoms with Gasteiger partial charge in [0, 0.05) is 45.9 Å². The molecule has 0 aliphatic heterocycles. The highest BCUT2D eigenvalue weighted by Gasteiger charge is 2.18. The standard InChI is InChI=1S/C25H21N5O2S/c26-25(27)18-8-6-16(7-9-18)13-21-15-19-14-20(10-11-22(19)29-21)30-33(31,32)23-5-1-3-17-4-2-12-28-24(17)23/h1-12,14-15,29-30H,13H2,(H3,26,27). The number of para-hydroxylation sites is 1. The Morgan fingerprint density at radius 3 is 2.55 bits per heavy atom. The van der Waals surface area contributed by atoms with Crippen LogP contribution in [0.4, 0.5) is 5.69 Å². The summed E-state index contributed by atoms with van der Waals surface area (Å²) in [6.45, 7) is 0. The van der Waals surface area contributed by atoms with Gasteiger partial charge in [-0.05, 0) is 42.0 Å². The number of nitrogens with one attached hydrogen (secondary N) is 3. The molecule has 0 unspecified atom stereocenters. The molecule has 3 aromatic carbocycles. The van der Waals surface area contributed by atoms with Gasteiger partial charge in [0.2, 0.25) is 0 Å². The molecule has 0 fully saturated rings. The first kappa shape index (κ1) is 20.7. The number of anilines is 1. The number of pyridine rings is 1. The van der Waals surface area contributed by atoms with Crippen LogP contribution >= 0.6 is 0 Å². The zero-order valence-electron chi connectivity index (χ0n) is 17.5. The van der Waals surface area contributed by atoms with Crippen LogP contribution in [0.2, 0.25) is 0 Å². The van der Waals surface area contributed by atoms with Crippen molar-refractivity contribution in [2.45, 2.75) is 11.3 Å². The van der Waals surface area contributed by atoms with E-state index in [0.29, 0.717) is 23.2 Å². The number of sulfonamides is 1. The van der Waals surface area contributed by atoms with Crippen molar-refractivity contribution in [2.24, 2.45) is 5.73 Å². The molecule has 0 saturated carbocycles. The Labute approximate surface area is 190 Å². The molecule has 5 rings (SSSR count). The summed E-state index contributed by atoms with van der Waals surface area (Å²) in [5.74, 6) is 0.0430. The third-order valence-corrected chi connectivity index (χ3v) is 6.89. The molecule has 33 heavy (non-hydrogen) atoms. The Hall–Kier alpha value is -4.17. The van der Waals surface area contributed by atoms with E-state index in [-0.39, 0.29) is 10.7 Å². The minimum Gasteiger partial charge on any atom is -0.384 e. The molecular formula is C25H21N5O2S. The first-order valence-electron chi connectivity index (χ1n) is 10.3. The van der Waals surface area contributed by atoms with Crippen molar-refractivity contribution in [3.05, 3.63) is 102 Å². The van der Waals surface area contributed by atoms with E-state index in [9.17, 15) is 8.42 Å². The molecule has 0 atom stereocenters. The second-order valence-electron chi connectivity index (χ2n) is 7.82. The highest BCUT2D eigenvalue weighted by atomic mass is 32.2. The molecule has 7 nitrogen and oxygen atoms in total. The Morgan fingerprint density at radius 2 is 1.76 bits per heavy atom. The molecule has 5 N–H and O–H groups in total. The van der Waals surface area contributed by atoms with Gasteiger partial charge in [0.1, 0.15) is 10.7 Å². The summed E-state index contributed by atoms with van der Waals surface area (Å²) in [5.41, 5.74) is 10.1. The lowest BCUT2D eigenvalue weighted by Crippen LogP contribution is -2.13. The highest BCUT2D eigenvalue weighted by Crippen LogP contribution is 2.26. The fourth-order valence-corrected chi connectivity index (χ4v) is 5.11. The topological polar surface area (TPSA) is 125 Å². The number of aromatic nitrogens is 2. The summed E-state index contributed by atoms with van der Waals surface area (Å²) in [6, 6.07) is 23.7. The number of nitrogens with zero attached hydrogens (tertiary/aromatic N) is 1. The minimum atomic E-state index is -3.81. The zero-order chi connectivity index (χ0) is 23.0. The van der Waals surface area contributed by atoms with Gasteiger partial charge in [-0.2, -0.15) is 0 Å². The van der Waals surface area contributed by atoms with Crippen molar-refractivity contribution >= 4 is 43.4 Å². The van der Waals surface area contributed by atoms with Gasteiger partial charge < -0.3 is 10.7 Å². The van der Waals surface area contributed by atoms with Gasteiger partial charge in [-0.1, -0.05) is 42.5 Å². The van der Waals surface area contributed by atoms with E-state index in [1.807, 2.05) is 54.6 Å². The van der Waals surface area contributed by atoms with Crippen LogP contribution in [0.25, 0.3) is 21.8 Å². The normalized spacial score (nSPS) is 11.6. The number of amidine groups is 1. The molecule has 2 aromatic heterocycles. The fraction of sp³-hybridized carbons (Fsp3) is 0.0400. The Bertz CT molecular complexity index is 1600. The summed E-state index contributed by atoms with van der Waals surface area (Å²) in [6.07, 6.45) is 2.26. The summed E-state index contributed by atoms with van der Waals surface area (Å²) in [5, 5.41) is 9.17. The van der Waals surface area contributed by atoms with E-state index in [2.05, 4.69) is 14.7 Å². The van der Waals surface area contributed by atoms with Gasteiger partial charge in [-0.3, -0.25) is 15.1 Å². The maximum Gasteiger partial charge on any atom is 0.264 e. The molecule has 0 aliphatic carbocycles. The number of aromatic amines is 1. The van der Waals surface area contributed by atoms with Crippen LogP contribution in [0, 0.1) is 5.41 Å². The van der Waals surface area contributed by atoms with E-state index in [0.717, 1.165) is 27.5 Å². The molecular weight excluding hydrogens is 434 g/mol. The second-order valence-corrected chi connectivity index (χ2v) is 9.47. The van der Waals surface area contributed by atoms with Crippen LogP contribution in [0.15, 0.2) is 90.0 Å². The van der Waals surface area contributed by atoms with Crippen molar-refractivity contribution in [1.82, 2.24) is 9.97 Å². The average molecular weight is 456 g/mol. The predicted molar refractivity (Wildman–Crippen MR) is 131 cm³/mol. The smallest absolute Gasteiger partial charge is 0.264 e. The van der Waals surface area contributed by atoms with Crippen molar-refractivity contribution in [3.63, 3.8) is 0 Å². The van der Waals surface area contributed by atoms with E-state index < -0.39 is 10.0 Å². The van der Waals surface area contributed by atoms with Crippen LogP contribution in [0.5, 0.6) is 0 Å². The lowest BCUT2D eigenvalue weighted by atomic mass is 10.1. The molecule has 0 aliphatic rings. The molecule has 164 valence electrons. The number of rotatable bonds is 6. The van der Waals surface area contributed by atoms with Crippen LogP contribution < -0.4 is 10.5 Å². The lowest BCUT2D eigenvalue weighted by Gasteiger charge is -2.10. The van der Waals surface area contributed by atoms with Gasteiger partial charge in [0.25, 0.3) is 10.0 Å². The fourth-order valence-electron chi connectivity index (χ4n) is 3.88. The lowest BCUT2D eigenvalue weighted by molar-refractivity contribution is 0.602. The van der Waals surface area contributed by atoms with Crippen LogP contribution in [0.3, 0.4) is 0 Å². The molecule has 0 saturated heterocycles. The number of H-pyrrole nitrogens is 1. The first-order chi connectivity index (χ1) is 15.9. The van der Waals surface area contributed by atoms with Crippen molar-refractivity contribution in [1.29, 1.82) is 5.41 Å². The van der Waals surface area contributed by atoms with Gasteiger partial charge in [0.15, 0.2) is 0 Å². The van der Waals surface area contributed by atoms with Gasteiger partial charge in [0.05, 0.1) is 5.52 Å². The van der Waals surface area contributed by atoms with Crippen LogP contribution in [0.1, 0.15) is 16.8 Å². The zero-order valence-corrected chi connectivity index (χ0v) is 18.4. The molecule has 2 heterocycles. The maximum atomic E-state index is 13.1. The summed E-state index contributed by atoms with van der Waals surface area (Å²) < 4.78 is 28.9. The Kier molecular flexibility index (Phi) is 5.07. The third-order valence-electron chi connectivity index (χ3n) is 5.47. The highest BCUT2D eigenvalue weighted by molar-refractivity contribution is 7.93. The summed E-state index contributed by atoms with van der Waals surface area (Å²) in [4.78, 5) is 7.77. The molecule has 0 radical (unpaired) electrons. The van der Waals surface area contributed by atoms with Crippen molar-refractivity contribution in [2.75, 3.05) is 4.72 Å². The largest absolute Gasteiger partial charge is 0.384 e. The van der Waals surface area contributed by atoms with Crippen molar-refractivity contribution in [3.8, 4) is 0 Å². The Morgan fingerprint density at radius 1 is 0.970 bits per heavy atom. The van der Waals surface area contributed by atoms with Gasteiger partial charge in [-0.15, -0.1) is 0 Å². The number of nitrogen functional groups attached to an aromatic ring is 1. The number of hydrogen-bond acceptors (Lipinski definition) is 4. The first-order valence-corrected chi connectivity index (χ1v) is 11.8. The minimum absolute atomic E-state index is 0.0430. The molecule has 8 heteroatoms. The van der Waals surface area contributed by atoms with E-state index >= 15 is 0 Å². The maximum absolute atomic E-state index is 13.1. The van der Waals surface area contributed by atoms with Gasteiger partial charge in [-0.25, -0.2) is 8.42 Å². The molecule has 0 amide bonds. The molecule has 0 bridgehead atoms. The van der Waals surface area contributed by atoms with E-state index in [1.165, 1.54) is 0 Å². The van der Waals surface area contributed by atoms with E-state index in [4.69, 9.17) is 11.1 Å². The summed E-state index contributed by atoms with van der Waals surface area (Å²) >= 11 is 0. The number of benzene rings is 3. The van der Waals surface area contributed by atoms with Crippen LogP contribution in [-0.2, 0) is 16.4 Å². The third kappa shape index (κ3) is 4.16. The summed E-state index contributed by atoms with van der Waals surface area (Å²) in [7, 11) is -3.81. The van der Waals surface area contributed by atoms with Crippen LogP contribution in [-0.4, -0.2) is 24.2 Å². The second kappa shape index (κ2) is 8.07. The van der Waals surface area contributed by atoms with E-state index in [1.54, 1.807) is 30.5 Å². The predicted octanol–water partition coefficient (Wildman–Crippen LogP) is 4.39. The quantitative estimate of drug-likeness (QED) is 0.224. The SMILES string of the molecule is N=C(N)c1ccc(Cc2cc3cc(NS(=O)(=O)c4cccc5cccnc45)ccc3[nH]2)cc1. The van der Waals surface area contributed by atoms with Gasteiger partial charge >= 0.3 is 0 Å². The number of nitrogens with two attached hydrogens (primary N) is 1. The molecule has 0 spiro atoms. The number of hydrogen-bond donors (Lipinski definition) is 4. The average Bonchev–Trinajstić information content (AvgIpc) is 3.20. The number of fused-ring (bicyclic) bond motifs is 2. The monoisotopic (exact) mass is 455 g/mol.